The molecule has 1 aromatic carbocycles. The number of nitrogens with zero attached hydrogens (tertiary/aromatic N) is 5. The minimum Gasteiger partial charge on any atom is -0.488 e. The maximum Gasteiger partial charge on any atom is 0.160 e. The number of benzene rings is 1. The minimum absolute atomic E-state index is 0.0237. The van der Waals surface area contributed by atoms with Gasteiger partial charge in [-0.1, -0.05) is 0 Å². The van der Waals surface area contributed by atoms with Crippen molar-refractivity contribution in [3.8, 4) is 17.0 Å². The van der Waals surface area contributed by atoms with Crippen LogP contribution in [0.25, 0.3) is 22.3 Å². The summed E-state index contributed by atoms with van der Waals surface area (Å²) < 4.78 is 27.7. The van der Waals surface area contributed by atoms with Crippen LogP contribution in [-0.2, 0) is 4.74 Å². The SMILES string of the molecule is Fc1ccc(Nc2ncnc3ccc(-c4cnn(C5CCNCC5)c4)nc23)c(OC2CCOCC2)c1. The molecule has 10 heteroatoms. The van der Waals surface area contributed by atoms with Gasteiger partial charge in [0, 0.05) is 30.7 Å². The molecule has 2 fully saturated rings. The van der Waals surface area contributed by atoms with E-state index in [-0.39, 0.29) is 11.9 Å². The van der Waals surface area contributed by atoms with Gasteiger partial charge in [0.15, 0.2) is 5.82 Å². The standard InChI is InChI=1S/C26H28FN7O2/c27-18-1-2-22(24(13-18)36-20-7-11-35-12-8-20)33-26-25-23(29-16-30-26)4-3-21(32-25)17-14-31-34(15-17)19-5-9-28-10-6-19/h1-4,13-16,19-20,28H,5-12H2,(H,29,30,33). The summed E-state index contributed by atoms with van der Waals surface area (Å²) in [4.78, 5) is 13.7. The van der Waals surface area contributed by atoms with Gasteiger partial charge in [-0.3, -0.25) is 4.68 Å². The zero-order chi connectivity index (χ0) is 24.3. The monoisotopic (exact) mass is 489 g/mol. The Balaban J connectivity index is 1.30. The van der Waals surface area contributed by atoms with Crippen LogP contribution < -0.4 is 15.4 Å². The topological polar surface area (TPSA) is 99.0 Å². The molecular formula is C26H28FN7O2. The number of halogens is 1. The number of nitrogens with one attached hydrogen (secondary N) is 2. The number of piperidine rings is 1. The Bertz CT molecular complexity index is 1350. The highest BCUT2D eigenvalue weighted by atomic mass is 19.1. The summed E-state index contributed by atoms with van der Waals surface area (Å²) in [5.74, 6) is 0.602. The summed E-state index contributed by atoms with van der Waals surface area (Å²) in [6, 6.07) is 8.72. The lowest BCUT2D eigenvalue weighted by Gasteiger charge is -2.24. The first-order chi connectivity index (χ1) is 17.7. The molecule has 4 aromatic rings. The van der Waals surface area contributed by atoms with Crippen LogP contribution in [0.5, 0.6) is 5.75 Å². The third-order valence-electron chi connectivity index (χ3n) is 6.72. The molecule has 2 saturated heterocycles. The summed E-state index contributed by atoms with van der Waals surface area (Å²) in [6.07, 6.45) is 9.03. The molecule has 0 aliphatic carbocycles. The minimum atomic E-state index is -0.360. The fraction of sp³-hybridized carbons (Fsp3) is 0.385. The number of hydrogen-bond acceptors (Lipinski definition) is 8. The highest BCUT2D eigenvalue weighted by Crippen LogP contribution is 2.33. The van der Waals surface area contributed by atoms with Crippen molar-refractivity contribution in [1.29, 1.82) is 0 Å². The molecule has 0 atom stereocenters. The van der Waals surface area contributed by atoms with E-state index in [1.807, 2.05) is 23.0 Å². The second-order valence-corrected chi connectivity index (χ2v) is 9.17. The first-order valence-electron chi connectivity index (χ1n) is 12.4. The highest BCUT2D eigenvalue weighted by Gasteiger charge is 2.19. The third-order valence-corrected chi connectivity index (χ3v) is 6.72. The Morgan fingerprint density at radius 1 is 1.06 bits per heavy atom. The lowest BCUT2D eigenvalue weighted by atomic mass is 10.1. The normalized spacial score (nSPS) is 17.4. The molecule has 0 saturated carbocycles. The molecule has 186 valence electrons. The molecule has 2 N–H and O–H groups in total. The van der Waals surface area contributed by atoms with Crippen molar-refractivity contribution in [2.24, 2.45) is 0 Å². The number of anilines is 2. The molecule has 0 spiro atoms. The van der Waals surface area contributed by atoms with E-state index in [2.05, 4.69) is 31.9 Å². The summed E-state index contributed by atoms with van der Waals surface area (Å²) in [7, 11) is 0. The summed E-state index contributed by atoms with van der Waals surface area (Å²) >= 11 is 0. The Kier molecular flexibility index (Phi) is 6.44. The average molecular weight is 490 g/mol. The van der Waals surface area contributed by atoms with E-state index < -0.39 is 0 Å². The number of ether oxygens (including phenoxy) is 2. The molecule has 0 amide bonds. The van der Waals surface area contributed by atoms with E-state index >= 15 is 0 Å². The lowest BCUT2D eigenvalue weighted by Crippen LogP contribution is -2.29. The van der Waals surface area contributed by atoms with Crippen molar-refractivity contribution in [2.45, 2.75) is 37.8 Å². The number of pyridine rings is 1. The molecule has 2 aliphatic heterocycles. The zero-order valence-corrected chi connectivity index (χ0v) is 19.9. The van der Waals surface area contributed by atoms with Crippen molar-refractivity contribution >= 4 is 22.5 Å². The zero-order valence-electron chi connectivity index (χ0n) is 19.9. The Hall–Kier alpha value is -3.63. The van der Waals surface area contributed by atoms with Gasteiger partial charge in [-0.2, -0.15) is 5.10 Å². The van der Waals surface area contributed by atoms with Crippen LogP contribution in [0, 0.1) is 5.82 Å². The van der Waals surface area contributed by atoms with Gasteiger partial charge in [0.05, 0.1) is 42.4 Å². The van der Waals surface area contributed by atoms with Crippen molar-refractivity contribution < 1.29 is 13.9 Å². The number of aromatic nitrogens is 5. The van der Waals surface area contributed by atoms with E-state index in [0.29, 0.717) is 47.5 Å². The molecule has 6 rings (SSSR count). The maximum absolute atomic E-state index is 14.1. The van der Waals surface area contributed by atoms with Crippen LogP contribution in [0.2, 0.25) is 0 Å². The van der Waals surface area contributed by atoms with Gasteiger partial charge in [0.25, 0.3) is 0 Å². The van der Waals surface area contributed by atoms with Gasteiger partial charge in [0.2, 0.25) is 0 Å². The first-order valence-corrected chi connectivity index (χ1v) is 12.4. The average Bonchev–Trinajstić information content (AvgIpc) is 3.42. The first kappa shape index (κ1) is 22.8. The molecule has 2 aliphatic rings. The molecule has 0 unspecified atom stereocenters. The van der Waals surface area contributed by atoms with Gasteiger partial charge in [0.1, 0.15) is 29.5 Å². The van der Waals surface area contributed by atoms with Gasteiger partial charge in [-0.15, -0.1) is 0 Å². The van der Waals surface area contributed by atoms with Crippen molar-refractivity contribution in [2.75, 3.05) is 31.6 Å². The maximum atomic E-state index is 14.1. The van der Waals surface area contributed by atoms with Crippen LogP contribution in [0.3, 0.4) is 0 Å². The molecule has 0 bridgehead atoms. The van der Waals surface area contributed by atoms with E-state index in [1.165, 1.54) is 18.5 Å². The predicted molar refractivity (Wildman–Crippen MR) is 134 cm³/mol. The van der Waals surface area contributed by atoms with E-state index in [1.54, 1.807) is 6.07 Å². The fourth-order valence-corrected chi connectivity index (χ4v) is 4.73. The molecule has 3 aromatic heterocycles. The Morgan fingerprint density at radius 3 is 2.78 bits per heavy atom. The van der Waals surface area contributed by atoms with Crippen LogP contribution >= 0.6 is 0 Å². The Morgan fingerprint density at radius 2 is 1.92 bits per heavy atom. The van der Waals surface area contributed by atoms with Crippen LogP contribution in [0.15, 0.2) is 49.1 Å². The van der Waals surface area contributed by atoms with Gasteiger partial charge in [-0.05, 0) is 50.2 Å². The van der Waals surface area contributed by atoms with Crippen LogP contribution in [0.1, 0.15) is 31.7 Å². The third kappa shape index (κ3) is 4.87. The van der Waals surface area contributed by atoms with E-state index in [4.69, 9.17) is 14.5 Å². The summed E-state index contributed by atoms with van der Waals surface area (Å²) in [5.41, 5.74) is 3.67. The largest absolute Gasteiger partial charge is 0.488 e. The number of fused-ring (bicyclic) bond motifs is 1. The Labute approximate surface area is 208 Å². The van der Waals surface area contributed by atoms with Gasteiger partial charge in [-0.25, -0.2) is 19.3 Å². The number of hydrogen-bond donors (Lipinski definition) is 2. The molecule has 5 heterocycles. The van der Waals surface area contributed by atoms with Gasteiger partial charge >= 0.3 is 0 Å². The van der Waals surface area contributed by atoms with Crippen LogP contribution in [0.4, 0.5) is 15.9 Å². The molecule has 9 nitrogen and oxygen atoms in total. The molecule has 36 heavy (non-hydrogen) atoms. The number of rotatable bonds is 6. The fourth-order valence-electron chi connectivity index (χ4n) is 4.73. The summed E-state index contributed by atoms with van der Waals surface area (Å²) in [6.45, 7) is 3.29. The van der Waals surface area contributed by atoms with Crippen molar-refractivity contribution in [3.63, 3.8) is 0 Å². The quantitative estimate of drug-likeness (QED) is 0.415. The van der Waals surface area contributed by atoms with Crippen molar-refractivity contribution in [1.82, 2.24) is 30.0 Å². The van der Waals surface area contributed by atoms with E-state index in [0.717, 1.165) is 50.0 Å². The van der Waals surface area contributed by atoms with Gasteiger partial charge < -0.3 is 20.1 Å². The molecule has 0 radical (unpaired) electrons. The second-order valence-electron chi connectivity index (χ2n) is 9.17. The highest BCUT2D eigenvalue weighted by molar-refractivity contribution is 5.89. The van der Waals surface area contributed by atoms with E-state index in [9.17, 15) is 4.39 Å². The lowest BCUT2D eigenvalue weighted by molar-refractivity contribution is 0.0257. The van der Waals surface area contributed by atoms with Crippen molar-refractivity contribution in [3.05, 3.63) is 54.9 Å². The second kappa shape index (κ2) is 10.2. The predicted octanol–water partition coefficient (Wildman–Crippen LogP) is 4.25. The molecular weight excluding hydrogens is 461 g/mol. The van der Waals surface area contributed by atoms with Crippen LogP contribution in [-0.4, -0.2) is 57.1 Å². The smallest absolute Gasteiger partial charge is 0.160 e. The summed E-state index contributed by atoms with van der Waals surface area (Å²) in [5, 5.41) is 11.3.